The average molecular weight is 449 g/mol. The third-order valence-electron chi connectivity index (χ3n) is 6.28. The van der Waals surface area contributed by atoms with E-state index < -0.39 is 24.4 Å². The Bertz CT molecular complexity index is 674. The zero-order valence-electron chi connectivity index (χ0n) is 19.2. The molecule has 2 rings (SSSR count). The summed E-state index contributed by atoms with van der Waals surface area (Å²) in [6.07, 6.45) is 7.52. The van der Waals surface area contributed by atoms with Crippen molar-refractivity contribution >= 4 is 5.97 Å². The van der Waals surface area contributed by atoms with Crippen LogP contribution in [0.2, 0.25) is 0 Å². The lowest BCUT2D eigenvalue weighted by Crippen LogP contribution is -2.23. The summed E-state index contributed by atoms with van der Waals surface area (Å²) in [5, 5.41) is 40.3. The van der Waals surface area contributed by atoms with Gasteiger partial charge in [-0.15, -0.1) is 0 Å². The molecule has 0 bridgehead atoms. The van der Waals surface area contributed by atoms with Crippen molar-refractivity contribution in [1.82, 2.24) is 0 Å². The molecule has 0 heterocycles. The fraction of sp³-hybridized carbons (Fsp3) is 0.654. The lowest BCUT2D eigenvalue weighted by molar-refractivity contribution is -0.146. The summed E-state index contributed by atoms with van der Waals surface area (Å²) in [6.45, 7) is 1.60. The predicted molar refractivity (Wildman–Crippen MR) is 124 cm³/mol. The Morgan fingerprint density at radius 2 is 1.81 bits per heavy atom. The smallest absolute Gasteiger partial charge is 0.305 e. The normalized spacial score (nSPS) is 25.2. The van der Waals surface area contributed by atoms with Crippen molar-refractivity contribution in [2.45, 2.75) is 89.1 Å². The molecule has 0 saturated heterocycles. The Balaban J connectivity index is 1.68. The van der Waals surface area contributed by atoms with Crippen LogP contribution in [0.25, 0.3) is 0 Å². The molecule has 180 valence electrons. The van der Waals surface area contributed by atoms with Crippen LogP contribution < -0.4 is 0 Å². The number of hydrogen-bond acceptors (Lipinski definition) is 6. The van der Waals surface area contributed by atoms with Crippen LogP contribution in [-0.4, -0.2) is 57.4 Å². The summed E-state index contributed by atoms with van der Waals surface area (Å²) in [5.41, 5.74) is 1.21. The molecule has 1 saturated carbocycles. The van der Waals surface area contributed by atoms with Crippen molar-refractivity contribution in [2.24, 2.45) is 11.8 Å². The Morgan fingerprint density at radius 1 is 1.09 bits per heavy atom. The molecule has 1 aliphatic carbocycles. The van der Waals surface area contributed by atoms with Gasteiger partial charge in [0.25, 0.3) is 0 Å². The number of rotatable bonds is 14. The lowest BCUT2D eigenvalue weighted by atomic mass is 9.85. The second kappa shape index (κ2) is 14.4. The van der Waals surface area contributed by atoms with Gasteiger partial charge >= 0.3 is 5.97 Å². The van der Waals surface area contributed by atoms with Crippen LogP contribution in [0.4, 0.5) is 0 Å². The minimum atomic E-state index is -0.648. The van der Waals surface area contributed by atoms with E-state index in [1.54, 1.807) is 6.92 Å². The standard InChI is InChI=1S/C26H40O6/c1-19(27)18-32-26(31)12-8-3-2-7-11-22-23(25(30)17-24(22)29)16-15-21(28)14-13-20-9-5-4-6-10-20/h2,4-7,9-10,19,21-25,27-30H,3,8,11-18H2,1H3/b7-2-/t19?,21-,22+,23+,24-,25+/m0/s1. The maximum atomic E-state index is 11.5. The number of benzene rings is 1. The first-order valence-electron chi connectivity index (χ1n) is 11.9. The molecule has 0 amide bonds. The van der Waals surface area contributed by atoms with Crippen LogP contribution >= 0.6 is 0 Å². The monoisotopic (exact) mass is 448 g/mol. The fourth-order valence-corrected chi connectivity index (χ4v) is 4.43. The maximum Gasteiger partial charge on any atom is 0.305 e. The highest BCUT2D eigenvalue weighted by Gasteiger charge is 2.40. The van der Waals surface area contributed by atoms with Crippen LogP contribution in [0.15, 0.2) is 42.5 Å². The van der Waals surface area contributed by atoms with Gasteiger partial charge in [0, 0.05) is 6.42 Å². The van der Waals surface area contributed by atoms with Gasteiger partial charge in [0.2, 0.25) is 0 Å². The molecule has 6 nitrogen and oxygen atoms in total. The minimum absolute atomic E-state index is 0.0152. The predicted octanol–water partition coefficient (Wildman–Crippen LogP) is 3.16. The summed E-state index contributed by atoms with van der Waals surface area (Å²) < 4.78 is 4.93. The largest absolute Gasteiger partial charge is 0.463 e. The second-order valence-electron chi connectivity index (χ2n) is 9.08. The van der Waals surface area contributed by atoms with Gasteiger partial charge in [0.05, 0.1) is 24.4 Å². The molecule has 0 radical (unpaired) electrons. The molecule has 1 aromatic carbocycles. The minimum Gasteiger partial charge on any atom is -0.463 e. The molecule has 1 aromatic rings. The molecule has 1 unspecified atom stereocenters. The van der Waals surface area contributed by atoms with Crippen molar-refractivity contribution in [3.63, 3.8) is 0 Å². The number of aliphatic hydroxyl groups is 4. The van der Waals surface area contributed by atoms with Crippen molar-refractivity contribution < 1.29 is 30.0 Å². The first-order chi connectivity index (χ1) is 15.4. The molecule has 0 aromatic heterocycles. The molecule has 0 aliphatic heterocycles. The van der Waals surface area contributed by atoms with Crippen molar-refractivity contribution in [2.75, 3.05) is 6.61 Å². The van der Waals surface area contributed by atoms with E-state index in [-0.39, 0.29) is 24.4 Å². The number of allylic oxidation sites excluding steroid dienone is 2. The van der Waals surface area contributed by atoms with Crippen molar-refractivity contribution in [3.05, 3.63) is 48.0 Å². The van der Waals surface area contributed by atoms with Crippen LogP contribution in [0, 0.1) is 11.8 Å². The van der Waals surface area contributed by atoms with Crippen LogP contribution in [0.1, 0.15) is 63.9 Å². The summed E-state index contributed by atoms with van der Waals surface area (Å²) in [7, 11) is 0. The van der Waals surface area contributed by atoms with Gasteiger partial charge in [-0.05, 0) is 75.7 Å². The molecule has 6 atom stereocenters. The van der Waals surface area contributed by atoms with Crippen LogP contribution in [0.5, 0.6) is 0 Å². The van der Waals surface area contributed by atoms with E-state index in [1.807, 2.05) is 30.4 Å². The number of carbonyl (C=O) groups is 1. The average Bonchev–Trinajstić information content (AvgIpc) is 3.04. The van der Waals surface area contributed by atoms with Crippen LogP contribution in [-0.2, 0) is 16.0 Å². The maximum absolute atomic E-state index is 11.5. The van der Waals surface area contributed by atoms with E-state index in [4.69, 9.17) is 9.84 Å². The van der Waals surface area contributed by atoms with E-state index in [9.17, 15) is 20.1 Å². The molecule has 4 N–H and O–H groups in total. The van der Waals surface area contributed by atoms with Crippen molar-refractivity contribution in [1.29, 1.82) is 0 Å². The number of aliphatic hydroxyl groups excluding tert-OH is 4. The SMILES string of the molecule is CC(O)COC(=O)CCC/C=C\C[C@@H]1[C@@H](CC[C@@H](O)CCc2ccccc2)[C@H](O)C[C@@H]1O. The van der Waals surface area contributed by atoms with Crippen LogP contribution in [0.3, 0.4) is 0 Å². The highest BCUT2D eigenvalue weighted by Crippen LogP contribution is 2.38. The van der Waals surface area contributed by atoms with E-state index in [2.05, 4.69) is 12.1 Å². The Hall–Kier alpha value is -1.73. The van der Waals surface area contributed by atoms with Gasteiger partial charge in [0.1, 0.15) is 6.61 Å². The number of unbranched alkanes of at least 4 members (excludes halogenated alkanes) is 1. The fourth-order valence-electron chi connectivity index (χ4n) is 4.43. The first kappa shape index (κ1) is 26.5. The zero-order valence-corrected chi connectivity index (χ0v) is 19.2. The highest BCUT2D eigenvalue weighted by atomic mass is 16.5. The number of esters is 1. The summed E-state index contributed by atoms with van der Waals surface area (Å²) >= 11 is 0. The zero-order chi connectivity index (χ0) is 23.3. The Labute approximate surface area is 191 Å². The number of carbonyl (C=O) groups excluding carboxylic acids is 1. The number of ether oxygens (including phenoxy) is 1. The van der Waals surface area contributed by atoms with Gasteiger partial charge in [-0.3, -0.25) is 4.79 Å². The summed E-state index contributed by atoms with van der Waals surface area (Å²) in [5.74, 6) is -0.338. The van der Waals surface area contributed by atoms with E-state index >= 15 is 0 Å². The summed E-state index contributed by atoms with van der Waals surface area (Å²) in [6, 6.07) is 10.1. The van der Waals surface area contributed by atoms with Crippen molar-refractivity contribution in [3.8, 4) is 0 Å². The second-order valence-corrected chi connectivity index (χ2v) is 9.08. The van der Waals surface area contributed by atoms with E-state index in [0.29, 0.717) is 44.9 Å². The quantitative estimate of drug-likeness (QED) is 0.198. The molecule has 1 aliphatic rings. The van der Waals surface area contributed by atoms with Gasteiger partial charge in [-0.2, -0.15) is 0 Å². The first-order valence-corrected chi connectivity index (χ1v) is 11.9. The highest BCUT2D eigenvalue weighted by molar-refractivity contribution is 5.69. The van der Waals surface area contributed by atoms with Gasteiger partial charge in [-0.1, -0.05) is 42.5 Å². The molecule has 6 heteroatoms. The lowest BCUT2D eigenvalue weighted by Gasteiger charge is -2.23. The Morgan fingerprint density at radius 3 is 2.53 bits per heavy atom. The third-order valence-corrected chi connectivity index (χ3v) is 6.28. The van der Waals surface area contributed by atoms with E-state index in [1.165, 1.54) is 5.56 Å². The molecule has 32 heavy (non-hydrogen) atoms. The van der Waals surface area contributed by atoms with Gasteiger partial charge < -0.3 is 25.2 Å². The van der Waals surface area contributed by atoms with Gasteiger partial charge in [-0.25, -0.2) is 0 Å². The summed E-state index contributed by atoms with van der Waals surface area (Å²) in [4.78, 5) is 11.5. The molecular formula is C26H40O6. The Kier molecular flexibility index (Phi) is 12.0. The molecule has 1 fully saturated rings. The topological polar surface area (TPSA) is 107 Å². The van der Waals surface area contributed by atoms with E-state index in [0.717, 1.165) is 12.8 Å². The molecular weight excluding hydrogens is 408 g/mol. The van der Waals surface area contributed by atoms with Gasteiger partial charge in [0.15, 0.2) is 0 Å². The third kappa shape index (κ3) is 9.82. The number of aryl methyl sites for hydroxylation is 1. The number of hydrogen-bond donors (Lipinski definition) is 4. The molecule has 0 spiro atoms.